The van der Waals surface area contributed by atoms with E-state index in [2.05, 4.69) is 37.5 Å². The number of anilines is 1. The fourth-order valence-corrected chi connectivity index (χ4v) is 3.93. The van der Waals surface area contributed by atoms with Crippen LogP contribution in [0.2, 0.25) is 0 Å². The molecule has 2 N–H and O–H groups in total. The van der Waals surface area contributed by atoms with Crippen LogP contribution in [0, 0.1) is 13.8 Å². The molecule has 0 aliphatic carbocycles. The van der Waals surface area contributed by atoms with Crippen molar-refractivity contribution < 1.29 is 9.59 Å². The van der Waals surface area contributed by atoms with Gasteiger partial charge >= 0.3 is 0 Å². The van der Waals surface area contributed by atoms with E-state index in [0.717, 1.165) is 33.3 Å². The Labute approximate surface area is 200 Å². The molecule has 0 fully saturated rings. The highest BCUT2D eigenvalue weighted by molar-refractivity contribution is 6.08. The fourth-order valence-electron chi connectivity index (χ4n) is 3.93. The Morgan fingerprint density at radius 2 is 1.68 bits per heavy atom. The number of hydrogen-bond acceptors (Lipinski definition) is 3. The summed E-state index contributed by atoms with van der Waals surface area (Å²) in [5.41, 5.74) is 4.33. The van der Waals surface area contributed by atoms with Crippen LogP contribution in [0.5, 0.6) is 0 Å². The minimum absolute atomic E-state index is 0.148. The predicted octanol–water partition coefficient (Wildman–Crippen LogP) is 5.31. The molecule has 0 saturated heterocycles. The SMILES string of the molecule is Cc1ccc(-n2nc(C(C)(C)C)cc2NC(=O)CNC(=O)c2cccc3ccccc23)c(C)c1. The lowest BCUT2D eigenvalue weighted by Crippen LogP contribution is -2.33. The molecule has 34 heavy (non-hydrogen) atoms. The highest BCUT2D eigenvalue weighted by Gasteiger charge is 2.22. The first-order chi connectivity index (χ1) is 16.1. The zero-order valence-electron chi connectivity index (χ0n) is 20.3. The molecule has 4 aromatic rings. The number of aromatic nitrogens is 2. The number of rotatable bonds is 5. The molecule has 0 spiro atoms. The molecule has 6 nitrogen and oxygen atoms in total. The quantitative estimate of drug-likeness (QED) is 0.429. The smallest absolute Gasteiger partial charge is 0.252 e. The molecule has 0 aliphatic heterocycles. The van der Waals surface area contributed by atoms with E-state index in [1.807, 2.05) is 68.4 Å². The molecule has 6 heteroatoms. The van der Waals surface area contributed by atoms with Crippen molar-refractivity contribution >= 4 is 28.4 Å². The summed E-state index contributed by atoms with van der Waals surface area (Å²) in [5, 5.41) is 12.3. The second kappa shape index (κ2) is 9.14. The van der Waals surface area contributed by atoms with Gasteiger partial charge in [0.25, 0.3) is 5.91 Å². The van der Waals surface area contributed by atoms with E-state index in [1.165, 1.54) is 0 Å². The van der Waals surface area contributed by atoms with Crippen molar-refractivity contribution in [1.82, 2.24) is 15.1 Å². The van der Waals surface area contributed by atoms with Crippen molar-refractivity contribution in [2.75, 3.05) is 11.9 Å². The fraction of sp³-hybridized carbons (Fsp3) is 0.250. The second-order valence-electron chi connectivity index (χ2n) is 9.62. The molecule has 0 radical (unpaired) electrons. The van der Waals surface area contributed by atoms with E-state index in [-0.39, 0.29) is 23.8 Å². The number of carbonyl (C=O) groups is 2. The van der Waals surface area contributed by atoms with Crippen LogP contribution < -0.4 is 10.6 Å². The first-order valence-corrected chi connectivity index (χ1v) is 11.4. The van der Waals surface area contributed by atoms with Crippen molar-refractivity contribution in [3.8, 4) is 5.69 Å². The summed E-state index contributed by atoms with van der Waals surface area (Å²) in [6, 6.07) is 21.3. The molecule has 0 bridgehead atoms. The van der Waals surface area contributed by atoms with E-state index in [1.54, 1.807) is 10.7 Å². The van der Waals surface area contributed by atoms with Crippen LogP contribution in [0.3, 0.4) is 0 Å². The monoisotopic (exact) mass is 454 g/mol. The Hall–Kier alpha value is -3.93. The Kier molecular flexibility index (Phi) is 6.24. The Bertz CT molecular complexity index is 1370. The van der Waals surface area contributed by atoms with Gasteiger partial charge in [0.2, 0.25) is 5.91 Å². The second-order valence-corrected chi connectivity index (χ2v) is 9.62. The molecular formula is C28H30N4O2. The lowest BCUT2D eigenvalue weighted by atomic mass is 9.92. The zero-order chi connectivity index (χ0) is 24.5. The maximum absolute atomic E-state index is 12.8. The molecule has 174 valence electrons. The van der Waals surface area contributed by atoms with Crippen molar-refractivity contribution in [2.45, 2.75) is 40.0 Å². The molecule has 0 aliphatic rings. The van der Waals surface area contributed by atoms with Crippen LogP contribution in [0.25, 0.3) is 16.5 Å². The largest absolute Gasteiger partial charge is 0.343 e. The number of aryl methyl sites for hydroxylation is 2. The van der Waals surface area contributed by atoms with E-state index in [9.17, 15) is 9.59 Å². The Morgan fingerprint density at radius 1 is 0.941 bits per heavy atom. The molecule has 0 unspecified atom stereocenters. The minimum atomic E-state index is -0.319. The molecule has 4 rings (SSSR count). The third kappa shape index (κ3) is 4.86. The van der Waals surface area contributed by atoms with Crippen LogP contribution in [0.1, 0.15) is 48.0 Å². The summed E-state index contributed by atoms with van der Waals surface area (Å²) in [6.45, 7) is 10.2. The van der Waals surface area contributed by atoms with E-state index < -0.39 is 0 Å². The van der Waals surface area contributed by atoms with Gasteiger partial charge in [-0.1, -0.05) is 74.9 Å². The van der Waals surface area contributed by atoms with Crippen LogP contribution in [0.15, 0.2) is 66.7 Å². The van der Waals surface area contributed by atoms with Gasteiger partial charge in [-0.25, -0.2) is 4.68 Å². The molecule has 1 heterocycles. The molecule has 1 aromatic heterocycles. The van der Waals surface area contributed by atoms with Gasteiger partial charge in [-0.2, -0.15) is 5.10 Å². The maximum Gasteiger partial charge on any atom is 0.252 e. The van der Waals surface area contributed by atoms with E-state index >= 15 is 0 Å². The topological polar surface area (TPSA) is 76.0 Å². The number of fused-ring (bicyclic) bond motifs is 1. The van der Waals surface area contributed by atoms with E-state index in [4.69, 9.17) is 5.10 Å². The maximum atomic E-state index is 12.8. The van der Waals surface area contributed by atoms with Gasteiger partial charge < -0.3 is 10.6 Å². The van der Waals surface area contributed by atoms with Crippen LogP contribution in [-0.4, -0.2) is 28.1 Å². The van der Waals surface area contributed by atoms with Crippen LogP contribution >= 0.6 is 0 Å². The summed E-state index contributed by atoms with van der Waals surface area (Å²) >= 11 is 0. The number of benzene rings is 3. The first-order valence-electron chi connectivity index (χ1n) is 11.4. The lowest BCUT2D eigenvalue weighted by Gasteiger charge is -2.14. The summed E-state index contributed by atoms with van der Waals surface area (Å²) in [4.78, 5) is 25.6. The summed E-state index contributed by atoms with van der Waals surface area (Å²) < 4.78 is 1.76. The zero-order valence-corrected chi connectivity index (χ0v) is 20.3. The van der Waals surface area contributed by atoms with Gasteiger partial charge in [0.1, 0.15) is 5.82 Å². The Balaban J connectivity index is 1.54. The molecular weight excluding hydrogens is 424 g/mol. The predicted molar refractivity (Wildman–Crippen MR) is 137 cm³/mol. The first kappa shape index (κ1) is 23.2. The molecule has 0 atom stereocenters. The average molecular weight is 455 g/mol. The van der Waals surface area contributed by atoms with Gasteiger partial charge in [0.05, 0.1) is 17.9 Å². The van der Waals surface area contributed by atoms with Gasteiger partial charge in [-0.15, -0.1) is 0 Å². The van der Waals surface area contributed by atoms with E-state index in [0.29, 0.717) is 11.4 Å². The Morgan fingerprint density at radius 3 is 2.41 bits per heavy atom. The van der Waals surface area contributed by atoms with Gasteiger partial charge in [0.15, 0.2) is 0 Å². The number of nitrogens with zero attached hydrogens (tertiary/aromatic N) is 2. The third-order valence-electron chi connectivity index (χ3n) is 5.77. The number of carbonyl (C=O) groups excluding carboxylic acids is 2. The average Bonchev–Trinajstić information content (AvgIpc) is 3.21. The normalized spacial score (nSPS) is 11.4. The lowest BCUT2D eigenvalue weighted by molar-refractivity contribution is -0.115. The van der Waals surface area contributed by atoms with Crippen molar-refractivity contribution in [2.24, 2.45) is 0 Å². The molecule has 0 saturated carbocycles. The van der Waals surface area contributed by atoms with Gasteiger partial charge in [0, 0.05) is 17.0 Å². The molecule has 3 aromatic carbocycles. The highest BCUT2D eigenvalue weighted by atomic mass is 16.2. The number of nitrogens with one attached hydrogen (secondary N) is 2. The van der Waals surface area contributed by atoms with Gasteiger partial charge in [-0.3, -0.25) is 9.59 Å². The number of hydrogen-bond donors (Lipinski definition) is 2. The third-order valence-corrected chi connectivity index (χ3v) is 5.77. The van der Waals surface area contributed by atoms with Crippen LogP contribution in [-0.2, 0) is 10.2 Å². The highest BCUT2D eigenvalue weighted by Crippen LogP contribution is 2.27. The number of amides is 2. The van der Waals surface area contributed by atoms with Crippen molar-refractivity contribution in [3.05, 3.63) is 89.1 Å². The van der Waals surface area contributed by atoms with Crippen LogP contribution in [0.4, 0.5) is 5.82 Å². The standard InChI is InChI=1S/C28H30N4O2/c1-18-13-14-23(19(2)15-18)32-25(16-24(31-32)28(3,4)5)30-26(33)17-29-27(34)22-12-8-10-20-9-6-7-11-21(20)22/h6-16H,17H2,1-5H3,(H,29,34)(H,30,33). The van der Waals surface area contributed by atoms with Crippen molar-refractivity contribution in [1.29, 1.82) is 0 Å². The molecule has 2 amide bonds. The summed E-state index contributed by atoms with van der Waals surface area (Å²) in [6.07, 6.45) is 0. The minimum Gasteiger partial charge on any atom is -0.343 e. The summed E-state index contributed by atoms with van der Waals surface area (Å²) in [5.74, 6) is -0.0357. The summed E-state index contributed by atoms with van der Waals surface area (Å²) in [7, 11) is 0. The van der Waals surface area contributed by atoms with Gasteiger partial charge in [-0.05, 0) is 42.3 Å². The van der Waals surface area contributed by atoms with Crippen molar-refractivity contribution in [3.63, 3.8) is 0 Å².